The third-order valence-corrected chi connectivity index (χ3v) is 2.76. The number of rotatable bonds is 5. The van der Waals surface area contributed by atoms with E-state index in [2.05, 4.69) is 5.32 Å². The predicted octanol–water partition coefficient (Wildman–Crippen LogP) is 2.33. The lowest BCUT2D eigenvalue weighted by molar-refractivity contribution is -0.137. The molecule has 4 nitrogen and oxygen atoms in total. The minimum absolute atomic E-state index is 0.190. The lowest BCUT2D eigenvalue weighted by Gasteiger charge is -2.20. The summed E-state index contributed by atoms with van der Waals surface area (Å²) in [5.41, 5.74) is -0.405. The number of carboxylic acid groups (broad SMARTS) is 1. The standard InChI is InChI=1S/C13H14F3NO3/c1-6(2)10(5-11(18)19)17-13(20)7-3-8(14)12(16)9(15)4-7/h3-4,6,10H,5H2,1-2H3,(H,17,20)(H,18,19). The van der Waals surface area contributed by atoms with Crippen LogP contribution in [0.5, 0.6) is 0 Å². The molecule has 1 amide bonds. The van der Waals surface area contributed by atoms with Crippen LogP contribution in [0, 0.1) is 23.4 Å². The zero-order valence-electron chi connectivity index (χ0n) is 10.9. The minimum Gasteiger partial charge on any atom is -0.481 e. The molecule has 0 heterocycles. The third kappa shape index (κ3) is 3.97. The second kappa shape index (κ2) is 6.40. The van der Waals surface area contributed by atoms with Gasteiger partial charge in [-0.1, -0.05) is 13.8 Å². The summed E-state index contributed by atoms with van der Waals surface area (Å²) in [4.78, 5) is 22.5. The van der Waals surface area contributed by atoms with Crippen LogP contribution in [0.1, 0.15) is 30.6 Å². The first kappa shape index (κ1) is 16.0. The van der Waals surface area contributed by atoms with Crippen molar-refractivity contribution in [1.82, 2.24) is 5.32 Å². The Morgan fingerprint density at radius 3 is 2.10 bits per heavy atom. The van der Waals surface area contributed by atoms with Crippen molar-refractivity contribution in [2.24, 2.45) is 5.92 Å². The van der Waals surface area contributed by atoms with E-state index in [-0.39, 0.29) is 12.3 Å². The smallest absolute Gasteiger partial charge is 0.305 e. The van der Waals surface area contributed by atoms with Gasteiger partial charge in [0.05, 0.1) is 6.42 Å². The number of carbonyl (C=O) groups is 2. The Bertz CT molecular complexity index is 509. The number of amides is 1. The highest BCUT2D eigenvalue weighted by molar-refractivity contribution is 5.94. The molecule has 0 bridgehead atoms. The van der Waals surface area contributed by atoms with Crippen LogP contribution in [-0.4, -0.2) is 23.0 Å². The lowest BCUT2D eigenvalue weighted by Crippen LogP contribution is -2.40. The Morgan fingerprint density at radius 1 is 1.20 bits per heavy atom. The number of carbonyl (C=O) groups excluding carboxylic acids is 1. The fraction of sp³-hybridized carbons (Fsp3) is 0.385. The van der Waals surface area contributed by atoms with Crippen LogP contribution in [0.2, 0.25) is 0 Å². The van der Waals surface area contributed by atoms with Gasteiger partial charge in [-0.05, 0) is 18.1 Å². The van der Waals surface area contributed by atoms with Gasteiger partial charge in [0.15, 0.2) is 17.5 Å². The van der Waals surface area contributed by atoms with E-state index >= 15 is 0 Å². The number of hydrogen-bond acceptors (Lipinski definition) is 2. The highest BCUT2D eigenvalue weighted by atomic mass is 19.2. The molecule has 7 heteroatoms. The summed E-state index contributed by atoms with van der Waals surface area (Å²) < 4.78 is 38.8. The van der Waals surface area contributed by atoms with Gasteiger partial charge < -0.3 is 10.4 Å². The fourth-order valence-electron chi connectivity index (χ4n) is 1.58. The fourth-order valence-corrected chi connectivity index (χ4v) is 1.58. The molecule has 1 atom stereocenters. The van der Waals surface area contributed by atoms with Crippen molar-refractivity contribution in [3.05, 3.63) is 35.1 Å². The van der Waals surface area contributed by atoms with Gasteiger partial charge in [-0.2, -0.15) is 0 Å². The molecule has 2 N–H and O–H groups in total. The van der Waals surface area contributed by atoms with E-state index in [1.807, 2.05) is 0 Å². The summed E-state index contributed by atoms with van der Waals surface area (Å²) in [5, 5.41) is 11.1. The number of benzene rings is 1. The molecule has 0 saturated carbocycles. The first-order chi connectivity index (χ1) is 9.22. The second-order valence-electron chi connectivity index (χ2n) is 4.68. The molecule has 1 unspecified atom stereocenters. The molecule has 0 aliphatic heterocycles. The minimum atomic E-state index is -1.66. The Labute approximate surface area is 113 Å². The molecule has 20 heavy (non-hydrogen) atoms. The van der Waals surface area contributed by atoms with Crippen molar-refractivity contribution in [1.29, 1.82) is 0 Å². The van der Waals surface area contributed by atoms with E-state index in [0.717, 1.165) is 0 Å². The van der Waals surface area contributed by atoms with Gasteiger partial charge in [-0.15, -0.1) is 0 Å². The SMILES string of the molecule is CC(C)C(CC(=O)O)NC(=O)c1cc(F)c(F)c(F)c1. The molecule has 0 spiro atoms. The summed E-state index contributed by atoms with van der Waals surface area (Å²) >= 11 is 0. The third-order valence-electron chi connectivity index (χ3n) is 2.76. The van der Waals surface area contributed by atoms with Crippen molar-refractivity contribution >= 4 is 11.9 Å². The maximum atomic E-state index is 13.0. The van der Waals surface area contributed by atoms with Crippen molar-refractivity contribution < 1.29 is 27.9 Å². The Balaban J connectivity index is 2.92. The van der Waals surface area contributed by atoms with Crippen LogP contribution in [0.3, 0.4) is 0 Å². The maximum Gasteiger partial charge on any atom is 0.305 e. The van der Waals surface area contributed by atoms with Crippen LogP contribution in [0.4, 0.5) is 13.2 Å². The molecule has 110 valence electrons. The van der Waals surface area contributed by atoms with Gasteiger partial charge in [0.25, 0.3) is 5.91 Å². The van der Waals surface area contributed by atoms with Crippen molar-refractivity contribution in [2.45, 2.75) is 26.3 Å². The van der Waals surface area contributed by atoms with Crippen LogP contribution in [-0.2, 0) is 4.79 Å². The van der Waals surface area contributed by atoms with Crippen molar-refractivity contribution in [3.63, 3.8) is 0 Å². The Hall–Kier alpha value is -2.05. The summed E-state index contributed by atoms with van der Waals surface area (Å²) in [6.07, 6.45) is -0.324. The monoisotopic (exact) mass is 289 g/mol. The molecular weight excluding hydrogens is 275 g/mol. The molecule has 0 saturated heterocycles. The first-order valence-electron chi connectivity index (χ1n) is 5.89. The average molecular weight is 289 g/mol. The number of halogens is 3. The summed E-state index contributed by atoms with van der Waals surface area (Å²) in [7, 11) is 0. The second-order valence-corrected chi connectivity index (χ2v) is 4.68. The molecule has 1 rings (SSSR count). The molecule has 0 aliphatic rings. The normalized spacial score (nSPS) is 12.3. The van der Waals surface area contributed by atoms with E-state index in [1.165, 1.54) is 0 Å². The summed E-state index contributed by atoms with van der Waals surface area (Å²) in [6.45, 7) is 3.39. The topological polar surface area (TPSA) is 66.4 Å². The maximum absolute atomic E-state index is 13.0. The van der Waals surface area contributed by atoms with Crippen molar-refractivity contribution in [3.8, 4) is 0 Å². The molecular formula is C13H14F3NO3. The molecule has 0 aromatic heterocycles. The number of carboxylic acids is 1. The number of nitrogens with one attached hydrogen (secondary N) is 1. The zero-order valence-corrected chi connectivity index (χ0v) is 10.9. The Kier molecular flexibility index (Phi) is 5.12. The van der Waals surface area contributed by atoms with Gasteiger partial charge in [0, 0.05) is 11.6 Å². The molecule has 0 radical (unpaired) electrons. The summed E-state index contributed by atoms with van der Waals surface area (Å²) in [5.74, 6) is -6.77. The van der Waals surface area contributed by atoms with Crippen LogP contribution >= 0.6 is 0 Å². The summed E-state index contributed by atoms with van der Waals surface area (Å²) in [6, 6.07) is 0.425. The van der Waals surface area contributed by atoms with E-state index in [0.29, 0.717) is 12.1 Å². The van der Waals surface area contributed by atoms with Gasteiger partial charge in [-0.3, -0.25) is 9.59 Å². The lowest BCUT2D eigenvalue weighted by atomic mass is 10.0. The van der Waals surface area contributed by atoms with E-state index < -0.39 is 40.9 Å². The van der Waals surface area contributed by atoms with E-state index in [9.17, 15) is 22.8 Å². The highest BCUT2D eigenvalue weighted by Crippen LogP contribution is 2.14. The van der Waals surface area contributed by atoms with E-state index in [4.69, 9.17) is 5.11 Å². The predicted molar refractivity (Wildman–Crippen MR) is 64.7 cm³/mol. The largest absolute Gasteiger partial charge is 0.481 e. The molecule has 0 aliphatic carbocycles. The molecule has 0 fully saturated rings. The van der Waals surface area contributed by atoms with Crippen LogP contribution in [0.15, 0.2) is 12.1 Å². The zero-order chi connectivity index (χ0) is 15.4. The number of hydrogen-bond donors (Lipinski definition) is 2. The van der Waals surface area contributed by atoms with Crippen LogP contribution in [0.25, 0.3) is 0 Å². The van der Waals surface area contributed by atoms with Gasteiger partial charge >= 0.3 is 5.97 Å². The Morgan fingerprint density at radius 2 is 1.70 bits per heavy atom. The average Bonchev–Trinajstić information content (AvgIpc) is 2.33. The van der Waals surface area contributed by atoms with Crippen LogP contribution < -0.4 is 5.32 Å². The van der Waals surface area contributed by atoms with Gasteiger partial charge in [0.2, 0.25) is 0 Å². The van der Waals surface area contributed by atoms with Gasteiger partial charge in [0.1, 0.15) is 0 Å². The molecule has 1 aromatic rings. The molecule has 1 aromatic carbocycles. The van der Waals surface area contributed by atoms with Crippen molar-refractivity contribution in [2.75, 3.05) is 0 Å². The number of aliphatic carboxylic acids is 1. The quantitative estimate of drug-likeness (QED) is 0.818. The van der Waals surface area contributed by atoms with Gasteiger partial charge in [-0.25, -0.2) is 13.2 Å². The highest BCUT2D eigenvalue weighted by Gasteiger charge is 2.21. The first-order valence-corrected chi connectivity index (χ1v) is 5.89. The van der Waals surface area contributed by atoms with E-state index in [1.54, 1.807) is 13.8 Å².